The minimum absolute atomic E-state index is 0.0920. The van der Waals surface area contributed by atoms with E-state index in [4.69, 9.17) is 4.74 Å². The number of rotatable bonds is 5. The van der Waals surface area contributed by atoms with Crippen molar-refractivity contribution in [1.82, 2.24) is 0 Å². The number of aliphatic hydroxyl groups is 1. The maximum atomic E-state index is 11.5. The van der Waals surface area contributed by atoms with Gasteiger partial charge in [0, 0.05) is 25.2 Å². The molecule has 0 saturated carbocycles. The second-order valence-electron chi connectivity index (χ2n) is 4.83. The van der Waals surface area contributed by atoms with Crippen LogP contribution in [0.1, 0.15) is 40.0 Å². The van der Waals surface area contributed by atoms with Gasteiger partial charge in [0.25, 0.3) is 0 Å². The highest BCUT2D eigenvalue weighted by atomic mass is 16.5. The summed E-state index contributed by atoms with van der Waals surface area (Å²) in [5.74, 6) is -0.176. The second-order valence-corrected chi connectivity index (χ2v) is 4.83. The van der Waals surface area contributed by atoms with Crippen molar-refractivity contribution < 1.29 is 19.4 Å². The van der Waals surface area contributed by atoms with E-state index in [1.807, 2.05) is 13.8 Å². The van der Waals surface area contributed by atoms with E-state index in [0.717, 1.165) is 5.57 Å². The lowest BCUT2D eigenvalue weighted by Crippen LogP contribution is -2.24. The smallest absolute Gasteiger partial charge is 0.303 e. The monoisotopic (exact) mass is 240 g/mol. The molecule has 2 atom stereocenters. The molecule has 0 amide bonds. The van der Waals surface area contributed by atoms with Crippen LogP contribution in [0, 0.1) is 5.41 Å². The molecule has 17 heavy (non-hydrogen) atoms. The summed E-state index contributed by atoms with van der Waals surface area (Å²) in [6, 6.07) is 0. The zero-order valence-corrected chi connectivity index (χ0v) is 10.7. The first-order valence-electron chi connectivity index (χ1n) is 5.92. The quantitative estimate of drug-likeness (QED) is 0.586. The van der Waals surface area contributed by atoms with Crippen LogP contribution in [0.2, 0.25) is 0 Å². The first kappa shape index (κ1) is 13.9. The Bertz CT molecular complexity index is 345. The number of carbonyl (C=O) groups is 2. The van der Waals surface area contributed by atoms with Gasteiger partial charge in [0.1, 0.15) is 11.9 Å². The largest absolute Gasteiger partial charge is 0.458 e. The lowest BCUT2D eigenvalue weighted by atomic mass is 9.78. The average molecular weight is 240 g/mol. The maximum absolute atomic E-state index is 11.5. The summed E-state index contributed by atoms with van der Waals surface area (Å²) in [5, 5.41) is 9.32. The summed E-state index contributed by atoms with van der Waals surface area (Å²) >= 11 is 0. The Balaban J connectivity index is 2.77. The lowest BCUT2D eigenvalue weighted by Gasteiger charge is -2.26. The Kier molecular flexibility index (Phi) is 4.46. The zero-order chi connectivity index (χ0) is 13.1. The molecule has 1 aliphatic rings. The molecule has 96 valence electrons. The van der Waals surface area contributed by atoms with Crippen molar-refractivity contribution in [3.8, 4) is 0 Å². The third-order valence-electron chi connectivity index (χ3n) is 3.28. The van der Waals surface area contributed by atoms with E-state index in [-0.39, 0.29) is 29.9 Å². The minimum atomic E-state index is -0.373. The summed E-state index contributed by atoms with van der Waals surface area (Å²) in [6.07, 6.45) is 2.92. The van der Waals surface area contributed by atoms with E-state index in [2.05, 4.69) is 0 Å². The topological polar surface area (TPSA) is 63.6 Å². The predicted molar refractivity (Wildman–Crippen MR) is 63.4 cm³/mol. The van der Waals surface area contributed by atoms with Crippen LogP contribution in [0.4, 0.5) is 0 Å². The normalized spacial score (nSPS) is 27.8. The summed E-state index contributed by atoms with van der Waals surface area (Å²) in [4.78, 5) is 22.4. The standard InChI is InChI=1S/C13H20O4/c1-4-11(16)6-13(3)7-12(17-9(2)15)5-10(13)8-14/h5,12,14H,4,6-8H2,1-3H3/t12-,13-/m1/s1. The third kappa shape index (κ3) is 3.40. The van der Waals surface area contributed by atoms with Crippen LogP contribution >= 0.6 is 0 Å². The molecule has 1 rings (SSSR count). The SMILES string of the molecule is CCC(=O)C[C@]1(C)C[C@H](OC(C)=O)C=C1CO. The Hall–Kier alpha value is -1.16. The maximum Gasteiger partial charge on any atom is 0.303 e. The molecule has 0 unspecified atom stereocenters. The zero-order valence-electron chi connectivity index (χ0n) is 10.7. The Labute approximate surface area is 102 Å². The van der Waals surface area contributed by atoms with Gasteiger partial charge in [0.05, 0.1) is 6.61 Å². The van der Waals surface area contributed by atoms with E-state index in [9.17, 15) is 14.7 Å². The first-order valence-corrected chi connectivity index (χ1v) is 5.92. The highest BCUT2D eigenvalue weighted by Gasteiger charge is 2.39. The van der Waals surface area contributed by atoms with Gasteiger partial charge in [-0.2, -0.15) is 0 Å². The highest BCUT2D eigenvalue weighted by molar-refractivity contribution is 5.79. The molecule has 0 radical (unpaired) electrons. The molecule has 0 aromatic carbocycles. The number of carbonyl (C=O) groups excluding carboxylic acids is 2. The highest BCUT2D eigenvalue weighted by Crippen LogP contribution is 2.42. The van der Waals surface area contributed by atoms with Gasteiger partial charge in [-0.1, -0.05) is 13.8 Å². The molecular weight excluding hydrogens is 220 g/mol. The van der Waals surface area contributed by atoms with Crippen molar-refractivity contribution in [1.29, 1.82) is 0 Å². The van der Waals surface area contributed by atoms with E-state index in [1.165, 1.54) is 6.92 Å². The van der Waals surface area contributed by atoms with Gasteiger partial charge < -0.3 is 9.84 Å². The molecule has 4 nitrogen and oxygen atoms in total. The van der Waals surface area contributed by atoms with Gasteiger partial charge in [0.15, 0.2) is 0 Å². The lowest BCUT2D eigenvalue weighted by molar-refractivity contribution is -0.144. The van der Waals surface area contributed by atoms with Crippen molar-refractivity contribution in [3.63, 3.8) is 0 Å². The molecule has 0 bridgehead atoms. The van der Waals surface area contributed by atoms with Gasteiger partial charge in [-0.25, -0.2) is 0 Å². The van der Waals surface area contributed by atoms with E-state index in [1.54, 1.807) is 6.08 Å². The molecule has 0 saturated heterocycles. The molecule has 1 aliphatic carbocycles. The number of ketones is 1. The fourth-order valence-corrected chi connectivity index (χ4v) is 2.34. The van der Waals surface area contributed by atoms with Crippen molar-refractivity contribution in [2.45, 2.75) is 46.1 Å². The molecule has 0 fully saturated rings. The number of Topliss-reactive ketones (excluding diaryl/α,β-unsaturated/α-hetero) is 1. The van der Waals surface area contributed by atoms with Crippen LogP contribution in [0.25, 0.3) is 0 Å². The fourth-order valence-electron chi connectivity index (χ4n) is 2.34. The molecule has 0 aliphatic heterocycles. The van der Waals surface area contributed by atoms with Crippen molar-refractivity contribution in [2.75, 3.05) is 6.61 Å². The fraction of sp³-hybridized carbons (Fsp3) is 0.692. The summed E-state index contributed by atoms with van der Waals surface area (Å²) in [6.45, 7) is 5.03. The van der Waals surface area contributed by atoms with Gasteiger partial charge >= 0.3 is 5.97 Å². The Morgan fingerprint density at radius 3 is 2.71 bits per heavy atom. The van der Waals surface area contributed by atoms with Crippen LogP contribution in [0.5, 0.6) is 0 Å². The Morgan fingerprint density at radius 1 is 1.59 bits per heavy atom. The average Bonchev–Trinajstić information content (AvgIpc) is 2.53. The molecule has 0 aromatic heterocycles. The van der Waals surface area contributed by atoms with Crippen molar-refractivity contribution in [2.24, 2.45) is 5.41 Å². The van der Waals surface area contributed by atoms with Crippen LogP contribution in [-0.2, 0) is 14.3 Å². The molecule has 1 N–H and O–H groups in total. The number of esters is 1. The number of aliphatic hydroxyl groups excluding tert-OH is 1. The Morgan fingerprint density at radius 2 is 2.24 bits per heavy atom. The van der Waals surface area contributed by atoms with Gasteiger partial charge in [-0.05, 0) is 18.1 Å². The van der Waals surface area contributed by atoms with Crippen LogP contribution in [0.3, 0.4) is 0 Å². The van der Waals surface area contributed by atoms with Gasteiger partial charge in [-0.15, -0.1) is 0 Å². The summed E-state index contributed by atoms with van der Waals surface area (Å²) < 4.78 is 5.12. The molecule has 0 aromatic rings. The number of hydrogen-bond acceptors (Lipinski definition) is 4. The van der Waals surface area contributed by atoms with Crippen LogP contribution in [-0.4, -0.2) is 29.6 Å². The molecule has 4 heteroatoms. The third-order valence-corrected chi connectivity index (χ3v) is 3.28. The predicted octanol–water partition coefficient (Wildman–Crippen LogP) is 1.62. The second kappa shape index (κ2) is 5.45. The van der Waals surface area contributed by atoms with Crippen LogP contribution in [0.15, 0.2) is 11.6 Å². The van der Waals surface area contributed by atoms with Crippen molar-refractivity contribution in [3.05, 3.63) is 11.6 Å². The van der Waals surface area contributed by atoms with Gasteiger partial charge in [0.2, 0.25) is 0 Å². The van der Waals surface area contributed by atoms with Gasteiger partial charge in [-0.3, -0.25) is 9.59 Å². The number of ether oxygens (including phenoxy) is 1. The molecule has 0 spiro atoms. The van der Waals surface area contributed by atoms with E-state index in [0.29, 0.717) is 19.3 Å². The summed E-state index contributed by atoms with van der Waals surface area (Å²) in [7, 11) is 0. The van der Waals surface area contributed by atoms with E-state index >= 15 is 0 Å². The van der Waals surface area contributed by atoms with Crippen molar-refractivity contribution >= 4 is 11.8 Å². The summed E-state index contributed by atoms with van der Waals surface area (Å²) in [5.41, 5.74) is 0.424. The minimum Gasteiger partial charge on any atom is -0.458 e. The number of hydrogen-bond donors (Lipinski definition) is 1. The molecule has 0 heterocycles. The van der Waals surface area contributed by atoms with E-state index < -0.39 is 0 Å². The molecular formula is C13H20O4. The van der Waals surface area contributed by atoms with Crippen LogP contribution < -0.4 is 0 Å². The first-order chi connectivity index (χ1) is 7.91.